The summed E-state index contributed by atoms with van der Waals surface area (Å²) in [6.45, 7) is 1.24. The SMILES string of the molecule is CN1C(=O)CN(Cc2ccc(-c3ccc4c(nnn4CC4CC4)c3C(F)F)cc2)C1O. The first-order valence-corrected chi connectivity index (χ1v) is 10.3. The molecule has 1 aliphatic heterocycles. The normalized spacial score (nSPS) is 19.8. The largest absolute Gasteiger partial charge is 0.361 e. The van der Waals surface area contributed by atoms with Crippen molar-refractivity contribution in [3.05, 3.63) is 47.5 Å². The molecule has 2 aromatic carbocycles. The minimum atomic E-state index is -2.68. The Bertz CT molecular complexity index is 1130. The molecule has 1 amide bonds. The Hall–Kier alpha value is -2.91. The van der Waals surface area contributed by atoms with Crippen molar-refractivity contribution in [2.75, 3.05) is 13.6 Å². The van der Waals surface area contributed by atoms with Crippen molar-refractivity contribution in [2.45, 2.75) is 38.7 Å². The van der Waals surface area contributed by atoms with E-state index in [4.69, 9.17) is 0 Å². The Morgan fingerprint density at radius 3 is 2.52 bits per heavy atom. The summed E-state index contributed by atoms with van der Waals surface area (Å²) in [6, 6.07) is 10.7. The van der Waals surface area contributed by atoms with Crippen molar-refractivity contribution in [1.29, 1.82) is 0 Å². The fourth-order valence-electron chi connectivity index (χ4n) is 4.11. The number of fused-ring (bicyclic) bond motifs is 1. The number of benzene rings is 2. The lowest BCUT2D eigenvalue weighted by Gasteiger charge is -2.22. The van der Waals surface area contributed by atoms with Gasteiger partial charge in [0.2, 0.25) is 5.91 Å². The molecular formula is C22H23F2N5O2. The monoisotopic (exact) mass is 427 g/mol. The van der Waals surface area contributed by atoms with E-state index in [1.807, 2.05) is 18.2 Å². The Morgan fingerprint density at radius 1 is 1.16 bits per heavy atom. The molecule has 5 rings (SSSR count). The van der Waals surface area contributed by atoms with Crippen LogP contribution in [0.4, 0.5) is 8.78 Å². The lowest BCUT2D eigenvalue weighted by atomic mass is 9.97. The minimum absolute atomic E-state index is 0.102. The molecule has 0 radical (unpaired) electrons. The molecule has 1 saturated carbocycles. The number of aliphatic hydroxyl groups excluding tert-OH is 1. The molecule has 1 unspecified atom stereocenters. The summed E-state index contributed by atoms with van der Waals surface area (Å²) in [5.41, 5.74) is 2.75. The molecule has 162 valence electrons. The predicted octanol–water partition coefficient (Wildman–Crippen LogP) is 3.00. The van der Waals surface area contributed by atoms with Crippen LogP contribution >= 0.6 is 0 Å². The maximum Gasteiger partial charge on any atom is 0.266 e. The van der Waals surface area contributed by atoms with Crippen LogP contribution in [0.15, 0.2) is 36.4 Å². The second-order valence-corrected chi connectivity index (χ2v) is 8.36. The first-order valence-electron chi connectivity index (χ1n) is 10.3. The zero-order valence-electron chi connectivity index (χ0n) is 17.1. The summed E-state index contributed by atoms with van der Waals surface area (Å²) in [5, 5.41) is 18.3. The Balaban J connectivity index is 1.43. The van der Waals surface area contributed by atoms with E-state index < -0.39 is 12.8 Å². The van der Waals surface area contributed by atoms with E-state index in [1.165, 1.54) is 4.90 Å². The van der Waals surface area contributed by atoms with Gasteiger partial charge in [0.25, 0.3) is 6.43 Å². The third kappa shape index (κ3) is 3.68. The van der Waals surface area contributed by atoms with Crippen LogP contribution in [0.5, 0.6) is 0 Å². The second-order valence-electron chi connectivity index (χ2n) is 8.36. The van der Waals surface area contributed by atoms with Crippen molar-refractivity contribution in [3.8, 4) is 11.1 Å². The quantitative estimate of drug-likeness (QED) is 0.655. The summed E-state index contributed by atoms with van der Waals surface area (Å²) < 4.78 is 29.8. The van der Waals surface area contributed by atoms with Crippen LogP contribution in [0, 0.1) is 5.92 Å². The Labute approximate surface area is 177 Å². The van der Waals surface area contributed by atoms with Gasteiger partial charge in [-0.1, -0.05) is 35.5 Å². The molecule has 9 heteroatoms. The summed E-state index contributed by atoms with van der Waals surface area (Å²) in [7, 11) is 1.55. The number of aliphatic hydroxyl groups is 1. The lowest BCUT2D eigenvalue weighted by molar-refractivity contribution is -0.132. The molecule has 1 atom stereocenters. The average Bonchev–Trinajstić information content (AvgIpc) is 3.44. The Morgan fingerprint density at radius 2 is 1.90 bits per heavy atom. The van der Waals surface area contributed by atoms with Crippen LogP contribution < -0.4 is 0 Å². The van der Waals surface area contributed by atoms with Crippen molar-refractivity contribution < 1.29 is 18.7 Å². The van der Waals surface area contributed by atoms with Gasteiger partial charge in [0, 0.05) is 20.1 Å². The smallest absolute Gasteiger partial charge is 0.266 e. The fourth-order valence-corrected chi connectivity index (χ4v) is 4.11. The van der Waals surface area contributed by atoms with Gasteiger partial charge < -0.3 is 10.0 Å². The zero-order valence-corrected chi connectivity index (χ0v) is 17.1. The number of rotatable bonds is 6. The van der Waals surface area contributed by atoms with Gasteiger partial charge >= 0.3 is 0 Å². The summed E-state index contributed by atoms with van der Waals surface area (Å²) >= 11 is 0. The molecule has 3 aromatic rings. The molecule has 1 aliphatic carbocycles. The van der Waals surface area contributed by atoms with Gasteiger partial charge in [-0.15, -0.1) is 5.10 Å². The van der Waals surface area contributed by atoms with E-state index in [0.29, 0.717) is 35.7 Å². The van der Waals surface area contributed by atoms with E-state index in [2.05, 4.69) is 10.3 Å². The molecule has 7 nitrogen and oxygen atoms in total. The topological polar surface area (TPSA) is 74.5 Å². The van der Waals surface area contributed by atoms with Gasteiger partial charge in [-0.25, -0.2) is 18.4 Å². The van der Waals surface area contributed by atoms with E-state index in [0.717, 1.165) is 18.4 Å². The van der Waals surface area contributed by atoms with Gasteiger partial charge in [0.15, 0.2) is 6.35 Å². The molecule has 2 aliphatic rings. The number of hydrogen-bond donors (Lipinski definition) is 1. The van der Waals surface area contributed by atoms with Gasteiger partial charge in [-0.05, 0) is 41.5 Å². The minimum Gasteiger partial charge on any atom is -0.361 e. The van der Waals surface area contributed by atoms with Crippen molar-refractivity contribution in [2.24, 2.45) is 5.92 Å². The molecule has 1 N–H and O–H groups in total. The molecule has 1 aromatic heterocycles. The lowest BCUT2D eigenvalue weighted by Crippen LogP contribution is -2.36. The predicted molar refractivity (Wildman–Crippen MR) is 110 cm³/mol. The first kappa shape index (κ1) is 20.0. The van der Waals surface area contributed by atoms with Crippen molar-refractivity contribution in [3.63, 3.8) is 0 Å². The molecule has 0 spiro atoms. The van der Waals surface area contributed by atoms with Gasteiger partial charge in [-0.2, -0.15) is 0 Å². The third-order valence-electron chi connectivity index (χ3n) is 6.13. The zero-order chi connectivity index (χ0) is 21.7. The number of nitrogens with zero attached hydrogens (tertiary/aromatic N) is 5. The van der Waals surface area contributed by atoms with Crippen LogP contribution in [0.3, 0.4) is 0 Å². The number of likely N-dealkylation sites (N-methyl/N-ethyl adjacent to an activating group) is 1. The Kier molecular flexibility index (Phi) is 4.94. The summed E-state index contributed by atoms with van der Waals surface area (Å²) in [5.74, 6) is 0.421. The van der Waals surface area contributed by atoms with E-state index in [9.17, 15) is 18.7 Å². The molecular weight excluding hydrogens is 404 g/mol. The molecule has 2 heterocycles. The van der Waals surface area contributed by atoms with Gasteiger partial charge in [0.05, 0.1) is 17.6 Å². The highest BCUT2D eigenvalue weighted by atomic mass is 19.3. The van der Waals surface area contributed by atoms with E-state index in [-0.39, 0.29) is 23.5 Å². The maximum absolute atomic E-state index is 14.0. The summed E-state index contributed by atoms with van der Waals surface area (Å²) in [4.78, 5) is 14.7. The standard InChI is InChI=1S/C22H23F2N5O2/c1-27-18(30)12-28(22(27)31)10-13-4-6-15(7-5-13)16-8-9-17-20(19(16)21(23)24)25-26-29(17)11-14-2-3-14/h4-9,14,21-22,31H,2-3,10-12H2,1H3. The van der Waals surface area contributed by atoms with Crippen LogP contribution in [-0.2, 0) is 17.9 Å². The number of carbonyl (C=O) groups excluding carboxylic acids is 1. The summed E-state index contributed by atoms with van der Waals surface area (Å²) in [6.07, 6.45) is -1.34. The first-order chi connectivity index (χ1) is 14.9. The highest BCUT2D eigenvalue weighted by molar-refractivity contribution is 5.87. The third-order valence-corrected chi connectivity index (χ3v) is 6.13. The molecule has 31 heavy (non-hydrogen) atoms. The average molecular weight is 427 g/mol. The van der Waals surface area contributed by atoms with E-state index in [1.54, 1.807) is 34.8 Å². The highest BCUT2D eigenvalue weighted by Crippen LogP contribution is 2.37. The molecule has 2 fully saturated rings. The van der Waals surface area contributed by atoms with Crippen molar-refractivity contribution in [1.82, 2.24) is 24.8 Å². The number of hydrogen-bond acceptors (Lipinski definition) is 5. The van der Waals surface area contributed by atoms with Crippen LogP contribution in [0.2, 0.25) is 0 Å². The number of carbonyl (C=O) groups is 1. The second kappa shape index (κ2) is 7.65. The number of aromatic nitrogens is 3. The van der Waals surface area contributed by atoms with Crippen LogP contribution in [0.25, 0.3) is 22.2 Å². The van der Waals surface area contributed by atoms with Gasteiger partial charge in [0.1, 0.15) is 5.52 Å². The number of alkyl halides is 2. The van der Waals surface area contributed by atoms with Crippen molar-refractivity contribution >= 4 is 16.9 Å². The van der Waals surface area contributed by atoms with Gasteiger partial charge in [-0.3, -0.25) is 4.79 Å². The number of halogens is 2. The fraction of sp³-hybridized carbons (Fsp3) is 0.409. The number of amides is 1. The molecule has 0 bridgehead atoms. The van der Waals surface area contributed by atoms with Crippen LogP contribution in [0.1, 0.15) is 30.4 Å². The van der Waals surface area contributed by atoms with Crippen LogP contribution in [-0.4, -0.2) is 55.8 Å². The maximum atomic E-state index is 14.0. The molecule has 1 saturated heterocycles. The van der Waals surface area contributed by atoms with E-state index >= 15 is 0 Å². The highest BCUT2D eigenvalue weighted by Gasteiger charge is 2.33.